The smallest absolute Gasteiger partial charge is 0.339 e. The van der Waals surface area contributed by atoms with Crippen LogP contribution in [0.1, 0.15) is 41.7 Å². The van der Waals surface area contributed by atoms with Crippen LogP contribution in [-0.4, -0.2) is 89.3 Å². The molecule has 6 heterocycles. The van der Waals surface area contributed by atoms with Gasteiger partial charge in [0.15, 0.2) is 34.2 Å². The summed E-state index contributed by atoms with van der Waals surface area (Å²) in [6.45, 7) is 1.67. The number of fused-ring (bicyclic) bond motifs is 4. The van der Waals surface area contributed by atoms with Crippen molar-refractivity contribution in [1.29, 1.82) is 0 Å². The van der Waals surface area contributed by atoms with Crippen LogP contribution in [-0.2, 0) is 0 Å². The summed E-state index contributed by atoms with van der Waals surface area (Å²) in [6.07, 6.45) is 2.99. The summed E-state index contributed by atoms with van der Waals surface area (Å²) >= 11 is 0. The molecule has 6 N–H and O–H groups in total. The van der Waals surface area contributed by atoms with Crippen LogP contribution in [0.3, 0.4) is 0 Å². The number of amides is 3. The molecule has 0 saturated heterocycles. The van der Waals surface area contributed by atoms with Gasteiger partial charge < -0.3 is 58.7 Å². The first-order valence-corrected chi connectivity index (χ1v) is 20.2. The van der Waals surface area contributed by atoms with Gasteiger partial charge in [0.05, 0.1) is 5.56 Å². The number of pyridine rings is 2. The molecule has 8 aromatic rings. The van der Waals surface area contributed by atoms with Crippen molar-refractivity contribution in [2.45, 2.75) is 0 Å². The molecule has 0 atom stereocenters. The molecule has 0 unspecified atom stereocenters. The van der Waals surface area contributed by atoms with E-state index >= 15 is 0 Å². The first kappa shape index (κ1) is 44.2. The van der Waals surface area contributed by atoms with E-state index in [0.29, 0.717) is 100 Å². The van der Waals surface area contributed by atoms with Crippen molar-refractivity contribution in [3.05, 3.63) is 132 Å². The number of rotatable bonds is 9. The lowest BCUT2D eigenvalue weighted by Crippen LogP contribution is -2.20. The zero-order valence-corrected chi connectivity index (χ0v) is 35.4. The Kier molecular flexibility index (Phi) is 13.2. The third-order valence-electron chi connectivity index (χ3n) is 9.42. The van der Waals surface area contributed by atoms with E-state index in [1.54, 1.807) is 92.0 Å². The van der Waals surface area contributed by atoms with E-state index < -0.39 is 11.9 Å². The van der Waals surface area contributed by atoms with E-state index in [0.717, 1.165) is 0 Å². The van der Waals surface area contributed by atoms with Crippen LogP contribution in [0.5, 0.6) is 46.0 Å². The molecule has 10 rings (SSSR count). The second kappa shape index (κ2) is 20.0. The maximum absolute atomic E-state index is 12.8. The lowest BCUT2D eigenvalue weighted by atomic mass is 10.1. The van der Waals surface area contributed by atoms with Crippen molar-refractivity contribution in [2.75, 3.05) is 51.6 Å². The lowest BCUT2D eigenvalue weighted by Gasteiger charge is -2.20. The maximum Gasteiger partial charge on any atom is 0.339 e. The predicted molar refractivity (Wildman–Crippen MR) is 238 cm³/mol. The Morgan fingerprint density at radius 1 is 0.582 bits per heavy atom. The molecule has 21 heteroatoms. The van der Waals surface area contributed by atoms with E-state index in [4.69, 9.17) is 48.1 Å². The molecule has 0 bridgehead atoms. The molecule has 0 saturated carbocycles. The quantitative estimate of drug-likeness (QED) is 0.103. The third kappa shape index (κ3) is 10.5. The van der Waals surface area contributed by atoms with Crippen LogP contribution < -0.4 is 50.1 Å². The largest absolute Gasteiger partial charge is 0.486 e. The fourth-order valence-corrected chi connectivity index (χ4v) is 6.39. The van der Waals surface area contributed by atoms with Gasteiger partial charge in [0.25, 0.3) is 23.7 Å². The minimum Gasteiger partial charge on any atom is -0.486 e. The number of carboxylic acid groups (broad SMARTS) is 1. The first-order valence-electron chi connectivity index (χ1n) is 20.2. The number of anilines is 2. The van der Waals surface area contributed by atoms with Crippen molar-refractivity contribution in [3.8, 4) is 46.0 Å². The zero-order valence-electron chi connectivity index (χ0n) is 35.4. The number of hydrogen-bond acceptors (Lipinski definition) is 17. The summed E-state index contributed by atoms with van der Waals surface area (Å²) in [5.74, 6) is 1.67. The second-order valence-electron chi connectivity index (χ2n) is 13.9. The number of nitrogens with two attached hydrogens (primary N) is 1. The number of para-hydroxylation sites is 2. The van der Waals surface area contributed by atoms with Crippen LogP contribution in [0.2, 0.25) is 0 Å². The number of carboxylic acids is 1. The average molecular weight is 911 g/mol. The zero-order chi connectivity index (χ0) is 46.9. The van der Waals surface area contributed by atoms with Gasteiger partial charge in [0, 0.05) is 50.8 Å². The number of ether oxygens (including phenoxy) is 6. The molecule has 0 spiro atoms. The normalized spacial score (nSPS) is 12.0. The standard InChI is InChI=1S/C23H18N4O6.C14H12N4O3.C9H8O4/c1-24-22(29)17-11-14(7-8-25-17)32-13-5-6-16-19(12-13)33-23(26-16)27-21(28)15-3-2-4-18-20(15)31-10-9-30-18;1-16-13(19)11-6-9(4-5-17-11)20-8-2-3-10-12(7-8)21-14(15)18-10;10-9(11)6-2-1-3-7-8(6)13-5-4-12-7/h2-8,11-12H,9-10H2,1H3,(H,24,29)(H,26,27,28);2-7H,1H3,(H2,15,18)(H,16,19);1-3H,4-5H2,(H,10,11). The van der Waals surface area contributed by atoms with Gasteiger partial charge in [-0.3, -0.25) is 29.7 Å². The second-order valence-corrected chi connectivity index (χ2v) is 13.9. The number of hydrogen-bond donors (Lipinski definition) is 5. The highest BCUT2D eigenvalue weighted by Crippen LogP contribution is 2.35. The summed E-state index contributed by atoms with van der Waals surface area (Å²) in [5, 5.41) is 16.5. The van der Waals surface area contributed by atoms with Crippen LogP contribution in [0.25, 0.3) is 22.2 Å². The van der Waals surface area contributed by atoms with Crippen LogP contribution in [0, 0.1) is 0 Å². The van der Waals surface area contributed by atoms with Crippen molar-refractivity contribution in [3.63, 3.8) is 0 Å². The summed E-state index contributed by atoms with van der Waals surface area (Å²) in [4.78, 5) is 63.1. The lowest BCUT2D eigenvalue weighted by molar-refractivity contribution is 0.0685. The van der Waals surface area contributed by atoms with Crippen LogP contribution in [0.4, 0.5) is 12.0 Å². The fourth-order valence-electron chi connectivity index (χ4n) is 6.39. The topological polar surface area (TPSA) is 284 Å². The third-order valence-corrected chi connectivity index (χ3v) is 9.42. The Balaban J connectivity index is 0.000000152. The number of aromatic nitrogens is 4. The van der Waals surface area contributed by atoms with E-state index in [1.807, 2.05) is 0 Å². The maximum atomic E-state index is 12.8. The average Bonchev–Trinajstić information content (AvgIpc) is 3.94. The van der Waals surface area contributed by atoms with Gasteiger partial charge in [-0.25, -0.2) is 4.79 Å². The van der Waals surface area contributed by atoms with Crippen LogP contribution >= 0.6 is 0 Å². The van der Waals surface area contributed by atoms with Crippen molar-refractivity contribution >= 4 is 57.9 Å². The number of nitrogens with zero attached hydrogens (tertiary/aromatic N) is 4. The molecule has 2 aliphatic rings. The number of aromatic carboxylic acids is 1. The molecular weight excluding hydrogens is 873 g/mol. The number of benzene rings is 4. The molecule has 21 nitrogen and oxygen atoms in total. The SMILES string of the molecule is CNC(=O)c1cc(Oc2ccc3nc(N)oc3c2)ccn1.CNC(=O)c1cc(Oc2ccc3nc(NC(=O)c4cccc5c4OCCO5)oc3c2)ccn1.O=C(O)c1cccc2c1OCCO2. The van der Waals surface area contributed by atoms with Gasteiger partial charge in [-0.05, 0) is 60.7 Å². The summed E-state index contributed by atoms with van der Waals surface area (Å²) in [6, 6.07) is 26.6. The monoisotopic (exact) mass is 910 g/mol. The Hall–Kier alpha value is -9.40. The summed E-state index contributed by atoms with van der Waals surface area (Å²) in [7, 11) is 3.07. The number of carbonyl (C=O) groups is 4. The molecular formula is C46H38N8O13. The highest BCUT2D eigenvalue weighted by molar-refractivity contribution is 6.06. The number of nitrogens with one attached hydrogen (secondary N) is 3. The van der Waals surface area contributed by atoms with Gasteiger partial charge in [-0.2, -0.15) is 9.97 Å². The molecule has 0 fully saturated rings. The molecule has 67 heavy (non-hydrogen) atoms. The Bertz CT molecular complexity index is 3130. The first-order chi connectivity index (χ1) is 32.5. The van der Waals surface area contributed by atoms with Gasteiger partial charge in [-0.15, -0.1) is 0 Å². The Morgan fingerprint density at radius 3 is 1.63 bits per heavy atom. The van der Waals surface area contributed by atoms with E-state index in [-0.39, 0.29) is 40.8 Å². The number of nitrogen functional groups attached to an aromatic ring is 1. The highest BCUT2D eigenvalue weighted by Gasteiger charge is 2.23. The fraction of sp³-hybridized carbons (Fsp3) is 0.130. The Morgan fingerprint density at radius 2 is 1.07 bits per heavy atom. The van der Waals surface area contributed by atoms with Crippen LogP contribution in [0.15, 0.2) is 118 Å². The van der Waals surface area contributed by atoms with Crippen molar-refractivity contribution in [2.24, 2.45) is 0 Å². The molecule has 2 aliphatic heterocycles. The van der Waals surface area contributed by atoms with Gasteiger partial charge >= 0.3 is 12.0 Å². The summed E-state index contributed by atoms with van der Waals surface area (Å²) in [5.41, 5.74) is 8.61. The minimum atomic E-state index is -0.998. The van der Waals surface area contributed by atoms with E-state index in [2.05, 4.69) is 35.9 Å². The number of carbonyl (C=O) groups excluding carboxylic acids is 3. The predicted octanol–water partition coefficient (Wildman–Crippen LogP) is 6.51. The highest BCUT2D eigenvalue weighted by atomic mass is 16.6. The molecule has 4 aromatic heterocycles. The summed E-state index contributed by atoms with van der Waals surface area (Å²) < 4.78 is 44.0. The van der Waals surface area contributed by atoms with E-state index in [1.165, 1.54) is 31.6 Å². The van der Waals surface area contributed by atoms with E-state index in [9.17, 15) is 19.2 Å². The molecule has 4 aromatic carbocycles. The molecule has 0 aliphatic carbocycles. The Labute approximate surface area is 378 Å². The van der Waals surface area contributed by atoms with Gasteiger partial charge in [-0.1, -0.05) is 12.1 Å². The minimum absolute atomic E-state index is 0.0345. The van der Waals surface area contributed by atoms with Crippen molar-refractivity contribution < 1.29 is 61.5 Å². The molecule has 0 radical (unpaired) electrons. The molecule has 3 amide bonds. The van der Waals surface area contributed by atoms with Crippen molar-refractivity contribution in [1.82, 2.24) is 30.6 Å². The van der Waals surface area contributed by atoms with Gasteiger partial charge in [0.1, 0.15) is 77.4 Å². The molecule has 340 valence electrons. The van der Waals surface area contributed by atoms with Gasteiger partial charge in [0.2, 0.25) is 0 Å². The number of oxazole rings is 2.